The number of benzene rings is 1. The van der Waals surface area contributed by atoms with Crippen molar-refractivity contribution < 1.29 is 28.6 Å². The van der Waals surface area contributed by atoms with Crippen molar-refractivity contribution in [2.45, 2.75) is 46.1 Å². The zero-order valence-electron chi connectivity index (χ0n) is 17.6. The Morgan fingerprint density at radius 2 is 1.97 bits per heavy atom. The standard InChI is InChI=1S/C21H29BrFNO5/c1-20(2,3)15-11-21(12-25,8-9-24(15)19(27)29-5)10-13-6-7-14(22)16(17(13)23)18(26)28-4/h6-7,15,25H,8-12H2,1-5H3. The van der Waals surface area contributed by atoms with E-state index in [9.17, 15) is 14.7 Å². The maximum absolute atomic E-state index is 15.1. The Morgan fingerprint density at radius 1 is 1.31 bits per heavy atom. The summed E-state index contributed by atoms with van der Waals surface area (Å²) in [6, 6.07) is 3.04. The van der Waals surface area contributed by atoms with Crippen LogP contribution in [-0.2, 0) is 15.9 Å². The largest absolute Gasteiger partial charge is 0.465 e. The van der Waals surface area contributed by atoms with Crippen LogP contribution in [0.4, 0.5) is 9.18 Å². The van der Waals surface area contributed by atoms with Gasteiger partial charge in [-0.15, -0.1) is 0 Å². The molecule has 2 atom stereocenters. The van der Waals surface area contributed by atoms with E-state index < -0.39 is 23.3 Å². The fourth-order valence-corrected chi connectivity index (χ4v) is 4.50. The van der Waals surface area contributed by atoms with E-state index in [1.54, 1.807) is 17.0 Å². The Bertz CT molecular complexity index is 779. The molecule has 0 bridgehead atoms. The minimum Gasteiger partial charge on any atom is -0.465 e. The maximum atomic E-state index is 15.1. The molecule has 1 N–H and O–H groups in total. The van der Waals surface area contributed by atoms with Gasteiger partial charge in [0.1, 0.15) is 11.4 Å². The van der Waals surface area contributed by atoms with Crippen molar-refractivity contribution in [2.24, 2.45) is 10.8 Å². The van der Waals surface area contributed by atoms with Crippen LogP contribution in [0.1, 0.15) is 49.5 Å². The topological polar surface area (TPSA) is 76.1 Å². The van der Waals surface area contributed by atoms with Gasteiger partial charge >= 0.3 is 12.1 Å². The van der Waals surface area contributed by atoms with Gasteiger partial charge in [0.15, 0.2) is 0 Å². The van der Waals surface area contributed by atoms with Gasteiger partial charge in [0.05, 0.1) is 14.2 Å². The monoisotopic (exact) mass is 473 g/mol. The van der Waals surface area contributed by atoms with Gasteiger partial charge in [-0.3, -0.25) is 0 Å². The highest BCUT2D eigenvalue weighted by Crippen LogP contribution is 2.44. The van der Waals surface area contributed by atoms with Crippen LogP contribution in [0.15, 0.2) is 16.6 Å². The molecule has 0 aromatic heterocycles. The summed E-state index contributed by atoms with van der Waals surface area (Å²) in [5.74, 6) is -1.41. The molecule has 29 heavy (non-hydrogen) atoms. The molecule has 1 heterocycles. The molecular formula is C21H29BrFNO5. The molecule has 2 rings (SSSR count). The second-order valence-electron chi connectivity index (χ2n) is 8.72. The molecule has 1 aliphatic heterocycles. The van der Waals surface area contributed by atoms with E-state index in [1.165, 1.54) is 14.2 Å². The third-order valence-corrected chi connectivity index (χ3v) is 6.42. The molecule has 0 spiro atoms. The average Bonchev–Trinajstić information content (AvgIpc) is 2.68. The minimum atomic E-state index is -0.762. The van der Waals surface area contributed by atoms with Crippen molar-refractivity contribution in [3.8, 4) is 0 Å². The van der Waals surface area contributed by atoms with E-state index in [0.29, 0.717) is 29.4 Å². The number of halogens is 2. The SMILES string of the molecule is COC(=O)c1c(Br)ccc(CC2(CO)CCN(C(=O)OC)C(C(C)(C)C)C2)c1F. The molecule has 8 heteroatoms. The molecule has 0 aliphatic carbocycles. The number of ether oxygens (including phenoxy) is 2. The van der Waals surface area contributed by atoms with Gasteiger partial charge in [0, 0.05) is 29.1 Å². The normalized spacial score (nSPS) is 22.3. The predicted octanol–water partition coefficient (Wildman–Crippen LogP) is 4.17. The summed E-state index contributed by atoms with van der Waals surface area (Å²) in [7, 11) is 2.55. The number of nitrogens with zero attached hydrogens (tertiary/aromatic N) is 1. The maximum Gasteiger partial charge on any atom is 0.409 e. The fourth-order valence-electron chi connectivity index (χ4n) is 4.03. The highest BCUT2D eigenvalue weighted by Gasteiger charge is 2.46. The predicted molar refractivity (Wildman–Crippen MR) is 110 cm³/mol. The summed E-state index contributed by atoms with van der Waals surface area (Å²) in [6.45, 7) is 6.32. The second kappa shape index (κ2) is 9.00. The lowest BCUT2D eigenvalue weighted by molar-refractivity contribution is -0.0251. The van der Waals surface area contributed by atoms with Gasteiger partial charge in [-0.2, -0.15) is 0 Å². The molecule has 1 saturated heterocycles. The quantitative estimate of drug-likeness (QED) is 0.663. The first kappa shape index (κ1) is 23.6. The van der Waals surface area contributed by atoms with Gasteiger partial charge in [0.25, 0.3) is 0 Å². The van der Waals surface area contributed by atoms with Crippen molar-refractivity contribution in [2.75, 3.05) is 27.4 Å². The van der Waals surface area contributed by atoms with Gasteiger partial charge < -0.3 is 19.5 Å². The number of likely N-dealkylation sites (tertiary alicyclic amines) is 1. The molecule has 1 aromatic rings. The third-order valence-electron chi connectivity index (χ3n) is 5.76. The number of aliphatic hydroxyl groups is 1. The Morgan fingerprint density at radius 3 is 2.48 bits per heavy atom. The van der Waals surface area contributed by atoms with Crippen LogP contribution >= 0.6 is 15.9 Å². The van der Waals surface area contributed by atoms with E-state index >= 15 is 4.39 Å². The van der Waals surface area contributed by atoms with Crippen LogP contribution in [0.3, 0.4) is 0 Å². The van der Waals surface area contributed by atoms with Crippen molar-refractivity contribution in [1.29, 1.82) is 0 Å². The van der Waals surface area contributed by atoms with E-state index in [4.69, 9.17) is 9.47 Å². The average molecular weight is 474 g/mol. The van der Waals surface area contributed by atoms with Crippen LogP contribution in [0.5, 0.6) is 0 Å². The summed E-state index contributed by atoms with van der Waals surface area (Å²) in [5.41, 5.74) is -0.700. The zero-order valence-corrected chi connectivity index (χ0v) is 19.1. The number of hydrogen-bond donors (Lipinski definition) is 1. The highest BCUT2D eigenvalue weighted by molar-refractivity contribution is 9.10. The lowest BCUT2D eigenvalue weighted by Gasteiger charge is -2.50. The van der Waals surface area contributed by atoms with Crippen molar-refractivity contribution in [3.05, 3.63) is 33.5 Å². The second-order valence-corrected chi connectivity index (χ2v) is 9.58. The molecule has 1 aliphatic rings. The van der Waals surface area contributed by atoms with E-state index in [-0.39, 0.29) is 30.0 Å². The highest BCUT2D eigenvalue weighted by atomic mass is 79.9. The lowest BCUT2D eigenvalue weighted by atomic mass is 9.66. The molecule has 162 valence electrons. The van der Waals surface area contributed by atoms with E-state index in [1.807, 2.05) is 20.8 Å². The van der Waals surface area contributed by atoms with Crippen molar-refractivity contribution >= 4 is 28.0 Å². The summed E-state index contributed by atoms with van der Waals surface area (Å²) >= 11 is 3.20. The van der Waals surface area contributed by atoms with Crippen LogP contribution in [-0.4, -0.2) is 55.5 Å². The first-order valence-corrected chi connectivity index (χ1v) is 10.3. The molecule has 6 nitrogen and oxygen atoms in total. The molecule has 1 amide bonds. The molecule has 1 fully saturated rings. The Labute approximate surface area is 179 Å². The van der Waals surface area contributed by atoms with Crippen LogP contribution in [0.25, 0.3) is 0 Å². The number of rotatable bonds is 4. The minimum absolute atomic E-state index is 0.155. The van der Waals surface area contributed by atoms with E-state index in [0.717, 1.165) is 0 Å². The number of piperidine rings is 1. The Hall–Kier alpha value is -1.67. The molecule has 1 aromatic carbocycles. The summed E-state index contributed by atoms with van der Waals surface area (Å²) in [6.07, 6.45) is 0.826. The lowest BCUT2D eigenvalue weighted by Crippen LogP contribution is -2.56. The number of carbonyl (C=O) groups is 2. The van der Waals surface area contributed by atoms with Crippen LogP contribution in [0.2, 0.25) is 0 Å². The van der Waals surface area contributed by atoms with E-state index in [2.05, 4.69) is 15.9 Å². The van der Waals surface area contributed by atoms with Crippen LogP contribution in [0, 0.1) is 16.6 Å². The number of aliphatic hydroxyl groups excluding tert-OH is 1. The number of hydrogen-bond acceptors (Lipinski definition) is 5. The van der Waals surface area contributed by atoms with Crippen molar-refractivity contribution in [3.63, 3.8) is 0 Å². The number of carbonyl (C=O) groups excluding carboxylic acids is 2. The fraction of sp³-hybridized carbons (Fsp3) is 0.619. The number of esters is 1. The first-order chi connectivity index (χ1) is 13.5. The summed E-state index contributed by atoms with van der Waals surface area (Å²) in [5, 5.41) is 10.3. The zero-order chi connectivity index (χ0) is 22.0. The molecule has 0 saturated carbocycles. The molecule has 0 radical (unpaired) electrons. The number of methoxy groups -OCH3 is 2. The third kappa shape index (κ3) is 4.91. The van der Waals surface area contributed by atoms with Gasteiger partial charge in [-0.05, 0) is 52.2 Å². The van der Waals surface area contributed by atoms with Gasteiger partial charge in [0.2, 0.25) is 0 Å². The van der Waals surface area contributed by atoms with Crippen molar-refractivity contribution in [1.82, 2.24) is 4.90 Å². The first-order valence-electron chi connectivity index (χ1n) is 9.50. The number of amides is 1. The van der Waals surface area contributed by atoms with Crippen LogP contribution < -0.4 is 0 Å². The Balaban J connectivity index is 2.41. The Kier molecular flexibility index (Phi) is 7.32. The van der Waals surface area contributed by atoms with Gasteiger partial charge in [-0.25, -0.2) is 14.0 Å². The smallest absolute Gasteiger partial charge is 0.409 e. The summed E-state index contributed by atoms with van der Waals surface area (Å²) in [4.78, 5) is 25.9. The summed E-state index contributed by atoms with van der Waals surface area (Å²) < 4.78 is 25.1. The van der Waals surface area contributed by atoms with Gasteiger partial charge in [-0.1, -0.05) is 26.8 Å². The molecular weight excluding hydrogens is 445 g/mol. The molecule has 2 unspecified atom stereocenters.